The number of rotatable bonds is 4. The molecule has 7 heteroatoms. The molecule has 1 amide bonds. The standard InChI is InChI=1S/C20H32N4O2.HI/c1-3-21-20(22-15-17-7-4-6-16(2)14-17)24-11-9-23(10-12-24)19(25)18-8-5-13-26-18;/h5,8,13,16-17H,3-4,6-7,9-12,14-15H2,1-2H3,(H,21,22);1H. The zero-order valence-corrected chi connectivity index (χ0v) is 18.9. The highest BCUT2D eigenvalue weighted by molar-refractivity contribution is 14.0. The molecule has 1 saturated heterocycles. The lowest BCUT2D eigenvalue weighted by Gasteiger charge is -2.36. The number of carbonyl (C=O) groups excluding carboxylic acids is 1. The van der Waals surface area contributed by atoms with Gasteiger partial charge in [-0.25, -0.2) is 0 Å². The van der Waals surface area contributed by atoms with Crippen LogP contribution in [0.1, 0.15) is 50.1 Å². The topological polar surface area (TPSA) is 61.1 Å². The summed E-state index contributed by atoms with van der Waals surface area (Å²) in [7, 11) is 0. The predicted molar refractivity (Wildman–Crippen MR) is 119 cm³/mol. The molecule has 1 saturated carbocycles. The molecule has 152 valence electrons. The molecule has 0 bridgehead atoms. The molecule has 2 unspecified atom stereocenters. The number of nitrogens with one attached hydrogen (secondary N) is 1. The van der Waals surface area contributed by atoms with E-state index in [1.54, 1.807) is 18.4 Å². The minimum atomic E-state index is -0.0206. The van der Waals surface area contributed by atoms with Crippen LogP contribution in [0.15, 0.2) is 27.8 Å². The van der Waals surface area contributed by atoms with Gasteiger partial charge in [0.25, 0.3) is 5.91 Å². The second kappa shape index (κ2) is 10.9. The largest absolute Gasteiger partial charge is 0.459 e. The Balaban J connectivity index is 0.00000261. The maximum absolute atomic E-state index is 12.4. The van der Waals surface area contributed by atoms with E-state index in [-0.39, 0.29) is 29.9 Å². The Kier molecular flexibility index (Phi) is 8.92. The zero-order chi connectivity index (χ0) is 18.4. The van der Waals surface area contributed by atoms with Gasteiger partial charge in [-0.05, 0) is 43.7 Å². The van der Waals surface area contributed by atoms with Crippen LogP contribution >= 0.6 is 24.0 Å². The molecule has 1 aromatic heterocycles. The van der Waals surface area contributed by atoms with Crippen molar-refractivity contribution in [3.8, 4) is 0 Å². The number of hydrogen-bond donors (Lipinski definition) is 1. The number of amides is 1. The van der Waals surface area contributed by atoms with Crippen molar-refractivity contribution in [3.05, 3.63) is 24.2 Å². The highest BCUT2D eigenvalue weighted by Gasteiger charge is 2.25. The molecule has 1 N–H and O–H groups in total. The first-order chi connectivity index (χ1) is 12.7. The smallest absolute Gasteiger partial charge is 0.289 e. The van der Waals surface area contributed by atoms with Crippen LogP contribution < -0.4 is 5.32 Å². The maximum Gasteiger partial charge on any atom is 0.289 e. The van der Waals surface area contributed by atoms with Crippen molar-refractivity contribution >= 4 is 35.8 Å². The number of carbonyl (C=O) groups is 1. The summed E-state index contributed by atoms with van der Waals surface area (Å²) in [5, 5.41) is 3.43. The van der Waals surface area contributed by atoms with Crippen LogP contribution in [0.2, 0.25) is 0 Å². The molecule has 2 fully saturated rings. The Hall–Kier alpha value is -1.25. The average molecular weight is 488 g/mol. The van der Waals surface area contributed by atoms with Crippen LogP contribution in [-0.2, 0) is 0 Å². The lowest BCUT2D eigenvalue weighted by molar-refractivity contribution is 0.0657. The fourth-order valence-electron chi connectivity index (χ4n) is 4.04. The third-order valence-corrected chi connectivity index (χ3v) is 5.48. The summed E-state index contributed by atoms with van der Waals surface area (Å²) in [5.74, 6) is 2.95. The average Bonchev–Trinajstić information content (AvgIpc) is 3.19. The molecular weight excluding hydrogens is 455 g/mol. The third kappa shape index (κ3) is 6.12. The van der Waals surface area contributed by atoms with Crippen molar-refractivity contribution in [1.82, 2.24) is 15.1 Å². The van der Waals surface area contributed by atoms with Crippen molar-refractivity contribution < 1.29 is 9.21 Å². The van der Waals surface area contributed by atoms with E-state index in [4.69, 9.17) is 9.41 Å². The number of aliphatic imine (C=N–C) groups is 1. The minimum Gasteiger partial charge on any atom is -0.459 e. The molecule has 27 heavy (non-hydrogen) atoms. The Morgan fingerprint density at radius 3 is 2.63 bits per heavy atom. The van der Waals surface area contributed by atoms with E-state index in [9.17, 15) is 4.79 Å². The minimum absolute atomic E-state index is 0. The van der Waals surface area contributed by atoms with Gasteiger partial charge in [0, 0.05) is 39.3 Å². The van der Waals surface area contributed by atoms with E-state index in [0.29, 0.717) is 24.8 Å². The summed E-state index contributed by atoms with van der Waals surface area (Å²) < 4.78 is 5.23. The Morgan fingerprint density at radius 2 is 2.00 bits per heavy atom. The van der Waals surface area contributed by atoms with Crippen molar-refractivity contribution in [2.75, 3.05) is 39.3 Å². The van der Waals surface area contributed by atoms with Gasteiger partial charge in [0.05, 0.1) is 6.26 Å². The summed E-state index contributed by atoms with van der Waals surface area (Å²) in [6, 6.07) is 3.48. The molecule has 1 aromatic rings. The zero-order valence-electron chi connectivity index (χ0n) is 16.5. The van der Waals surface area contributed by atoms with Crippen LogP contribution in [0.5, 0.6) is 0 Å². The van der Waals surface area contributed by atoms with Crippen molar-refractivity contribution in [2.24, 2.45) is 16.8 Å². The van der Waals surface area contributed by atoms with Gasteiger partial charge < -0.3 is 19.5 Å². The summed E-state index contributed by atoms with van der Waals surface area (Å²) in [6.45, 7) is 9.25. The first-order valence-electron chi connectivity index (χ1n) is 10.0. The van der Waals surface area contributed by atoms with Crippen molar-refractivity contribution in [1.29, 1.82) is 0 Å². The normalized spacial score (nSPS) is 23.7. The summed E-state index contributed by atoms with van der Waals surface area (Å²) in [6.07, 6.45) is 6.86. The number of guanidine groups is 1. The van der Waals surface area contributed by atoms with Gasteiger partial charge in [-0.3, -0.25) is 9.79 Å². The van der Waals surface area contributed by atoms with E-state index in [1.807, 2.05) is 4.90 Å². The first-order valence-corrected chi connectivity index (χ1v) is 10.0. The van der Waals surface area contributed by atoms with Gasteiger partial charge in [-0.1, -0.05) is 19.8 Å². The molecule has 2 aliphatic rings. The summed E-state index contributed by atoms with van der Waals surface area (Å²) in [4.78, 5) is 21.5. The van der Waals surface area contributed by atoms with Crippen molar-refractivity contribution in [2.45, 2.75) is 39.5 Å². The van der Waals surface area contributed by atoms with Crippen molar-refractivity contribution in [3.63, 3.8) is 0 Å². The molecule has 3 rings (SSSR count). The summed E-state index contributed by atoms with van der Waals surface area (Å²) >= 11 is 0. The van der Waals surface area contributed by atoms with Crippen LogP contribution in [0, 0.1) is 11.8 Å². The number of halogens is 1. The molecule has 6 nitrogen and oxygen atoms in total. The lowest BCUT2D eigenvalue weighted by Crippen LogP contribution is -2.53. The molecule has 0 radical (unpaired) electrons. The second-order valence-electron chi connectivity index (χ2n) is 7.59. The van der Waals surface area contributed by atoms with E-state index in [0.717, 1.165) is 38.1 Å². The molecule has 1 aliphatic heterocycles. The van der Waals surface area contributed by atoms with E-state index in [1.165, 1.54) is 25.7 Å². The monoisotopic (exact) mass is 488 g/mol. The van der Waals surface area contributed by atoms with Crippen LogP contribution in [0.25, 0.3) is 0 Å². The molecule has 0 spiro atoms. The maximum atomic E-state index is 12.4. The van der Waals surface area contributed by atoms with Crippen LogP contribution in [0.3, 0.4) is 0 Å². The van der Waals surface area contributed by atoms with Crippen LogP contribution in [0.4, 0.5) is 0 Å². The quantitative estimate of drug-likeness (QED) is 0.401. The molecule has 2 heterocycles. The van der Waals surface area contributed by atoms with Gasteiger partial charge in [-0.2, -0.15) is 0 Å². The Morgan fingerprint density at radius 1 is 1.26 bits per heavy atom. The Labute approximate surface area is 179 Å². The lowest BCUT2D eigenvalue weighted by atomic mass is 9.82. The molecule has 1 aliphatic carbocycles. The van der Waals surface area contributed by atoms with Gasteiger partial charge in [-0.15, -0.1) is 24.0 Å². The van der Waals surface area contributed by atoms with E-state index >= 15 is 0 Å². The van der Waals surface area contributed by atoms with Gasteiger partial charge in [0.15, 0.2) is 11.7 Å². The van der Waals surface area contributed by atoms with Gasteiger partial charge in [0.1, 0.15) is 0 Å². The van der Waals surface area contributed by atoms with Gasteiger partial charge >= 0.3 is 0 Å². The van der Waals surface area contributed by atoms with Gasteiger partial charge in [0.2, 0.25) is 0 Å². The number of hydrogen-bond acceptors (Lipinski definition) is 3. The SMILES string of the molecule is CCNC(=NCC1CCCC(C)C1)N1CCN(C(=O)c2ccco2)CC1.I. The third-order valence-electron chi connectivity index (χ3n) is 5.48. The summed E-state index contributed by atoms with van der Waals surface area (Å²) in [5.41, 5.74) is 0. The number of furan rings is 1. The van der Waals surface area contributed by atoms with E-state index < -0.39 is 0 Å². The fourth-order valence-corrected chi connectivity index (χ4v) is 4.04. The fraction of sp³-hybridized carbons (Fsp3) is 0.700. The van der Waals surface area contributed by atoms with Crippen LogP contribution in [-0.4, -0.2) is 60.9 Å². The van der Waals surface area contributed by atoms with E-state index in [2.05, 4.69) is 24.1 Å². The number of nitrogens with zero attached hydrogens (tertiary/aromatic N) is 3. The predicted octanol–water partition coefficient (Wildman–Crippen LogP) is 3.45. The molecule has 2 atom stereocenters. The highest BCUT2D eigenvalue weighted by Crippen LogP contribution is 2.28. The second-order valence-corrected chi connectivity index (χ2v) is 7.59. The molecule has 0 aromatic carbocycles. The number of piperazine rings is 1. The highest BCUT2D eigenvalue weighted by atomic mass is 127. The molecular formula is C20H33IN4O2. The Bertz CT molecular complexity index is 597. The first kappa shape index (κ1) is 22.0.